The Labute approximate surface area is 151 Å². The molecule has 0 amide bonds. The fourth-order valence-electron chi connectivity index (χ4n) is 2.55. The first-order valence-electron chi connectivity index (χ1n) is 7.76. The fourth-order valence-corrected chi connectivity index (χ4v) is 3.13. The Hall–Kier alpha value is -1.68. The zero-order valence-electron chi connectivity index (χ0n) is 14.1. The minimum absolute atomic E-state index is 0.393. The van der Waals surface area contributed by atoms with Gasteiger partial charge in [0.1, 0.15) is 0 Å². The van der Waals surface area contributed by atoms with Crippen molar-refractivity contribution in [1.29, 1.82) is 5.26 Å². The van der Waals surface area contributed by atoms with Crippen molar-refractivity contribution in [3.63, 3.8) is 0 Å². The van der Waals surface area contributed by atoms with Gasteiger partial charge < -0.3 is 9.31 Å². The highest BCUT2D eigenvalue weighted by Gasteiger charge is 2.51. The number of halogens is 1. The van der Waals surface area contributed by atoms with Gasteiger partial charge in [-0.15, -0.1) is 0 Å². The van der Waals surface area contributed by atoms with Crippen LogP contribution < -0.4 is 5.46 Å². The smallest absolute Gasteiger partial charge is 0.399 e. The molecule has 3 rings (SSSR count). The summed E-state index contributed by atoms with van der Waals surface area (Å²) in [6, 6.07) is 11.6. The quantitative estimate of drug-likeness (QED) is 0.741. The molecule has 0 aliphatic carbocycles. The molecule has 0 saturated carbocycles. The maximum Gasteiger partial charge on any atom is 0.496 e. The highest BCUT2D eigenvalue weighted by atomic mass is 79.9. The van der Waals surface area contributed by atoms with Crippen molar-refractivity contribution in [2.24, 2.45) is 0 Å². The van der Waals surface area contributed by atoms with Gasteiger partial charge in [-0.1, -0.05) is 18.2 Å². The van der Waals surface area contributed by atoms with Crippen LogP contribution in [0.3, 0.4) is 0 Å². The molecule has 0 radical (unpaired) electrons. The molecule has 1 aromatic carbocycles. The molecule has 1 aliphatic heterocycles. The van der Waals surface area contributed by atoms with E-state index >= 15 is 0 Å². The zero-order chi connectivity index (χ0) is 17.5. The van der Waals surface area contributed by atoms with Gasteiger partial charge in [0.2, 0.25) is 0 Å². The predicted molar refractivity (Wildman–Crippen MR) is 97.8 cm³/mol. The van der Waals surface area contributed by atoms with Crippen LogP contribution in [-0.4, -0.2) is 23.3 Å². The Morgan fingerprint density at radius 1 is 1.12 bits per heavy atom. The van der Waals surface area contributed by atoms with Crippen LogP contribution in [-0.2, 0) is 9.31 Å². The molecular weight excluding hydrogens is 367 g/mol. The van der Waals surface area contributed by atoms with Gasteiger partial charge in [0.15, 0.2) is 0 Å². The first-order valence-corrected chi connectivity index (χ1v) is 8.55. The summed E-state index contributed by atoms with van der Waals surface area (Å²) >= 11 is 3.57. The number of nitriles is 1. The average Bonchev–Trinajstić information content (AvgIpc) is 2.75. The van der Waals surface area contributed by atoms with Crippen molar-refractivity contribution < 1.29 is 9.31 Å². The molecule has 0 N–H and O–H groups in total. The molecule has 122 valence electrons. The number of hydrogen-bond acceptors (Lipinski definition) is 4. The lowest BCUT2D eigenvalue weighted by molar-refractivity contribution is 0.00578. The molecular formula is C18H18BBrN2O2. The van der Waals surface area contributed by atoms with E-state index in [9.17, 15) is 5.26 Å². The summed E-state index contributed by atoms with van der Waals surface area (Å²) in [5.41, 5.74) is 2.18. The molecule has 1 saturated heterocycles. The molecule has 0 spiro atoms. The lowest BCUT2D eigenvalue weighted by atomic mass is 9.80. The summed E-state index contributed by atoms with van der Waals surface area (Å²) in [4.78, 5) is 4.54. The molecule has 2 heterocycles. The number of hydrogen-bond donors (Lipinski definition) is 0. The first-order chi connectivity index (χ1) is 11.2. The normalized spacial score (nSPS) is 18.4. The highest BCUT2D eigenvalue weighted by Crippen LogP contribution is 2.37. The standard InChI is InChI=1S/C18H18BBrN2O2/c1-17(2)18(3,4)24-19(23-17)13-9-15(20)16(22-11-13)14-8-6-5-7-12(14)10-21/h5-9,11H,1-4H3. The lowest BCUT2D eigenvalue weighted by Gasteiger charge is -2.32. The number of benzene rings is 1. The van der Waals surface area contributed by atoms with Gasteiger partial charge >= 0.3 is 7.12 Å². The van der Waals surface area contributed by atoms with Gasteiger partial charge in [-0.3, -0.25) is 4.98 Å². The van der Waals surface area contributed by atoms with Gasteiger partial charge in [0, 0.05) is 21.7 Å². The molecule has 1 fully saturated rings. The Kier molecular flexibility index (Phi) is 4.29. The summed E-state index contributed by atoms with van der Waals surface area (Å²) in [5, 5.41) is 9.28. The molecule has 0 unspecified atom stereocenters. The Morgan fingerprint density at radius 2 is 1.75 bits per heavy atom. The van der Waals surface area contributed by atoms with Crippen molar-refractivity contribution in [3.8, 4) is 17.3 Å². The molecule has 24 heavy (non-hydrogen) atoms. The third kappa shape index (κ3) is 2.88. The molecule has 1 aromatic heterocycles. The van der Waals surface area contributed by atoms with Crippen molar-refractivity contribution in [2.45, 2.75) is 38.9 Å². The highest BCUT2D eigenvalue weighted by molar-refractivity contribution is 9.10. The van der Waals surface area contributed by atoms with Crippen LogP contribution in [0.4, 0.5) is 0 Å². The van der Waals surface area contributed by atoms with Crippen LogP contribution >= 0.6 is 15.9 Å². The van der Waals surface area contributed by atoms with Gasteiger partial charge in [-0.05, 0) is 55.8 Å². The molecule has 0 atom stereocenters. The SMILES string of the molecule is CC1(C)OB(c2cnc(-c3ccccc3C#N)c(Br)c2)OC1(C)C. The average molecular weight is 385 g/mol. The van der Waals surface area contributed by atoms with Crippen molar-refractivity contribution in [1.82, 2.24) is 4.98 Å². The van der Waals surface area contributed by atoms with E-state index in [4.69, 9.17) is 9.31 Å². The molecule has 0 bridgehead atoms. The topological polar surface area (TPSA) is 55.1 Å². The van der Waals surface area contributed by atoms with Gasteiger partial charge in [-0.25, -0.2) is 0 Å². The maximum atomic E-state index is 9.28. The molecule has 1 aliphatic rings. The van der Waals surface area contributed by atoms with Crippen LogP contribution in [0, 0.1) is 11.3 Å². The van der Waals surface area contributed by atoms with E-state index in [1.807, 2.05) is 52.0 Å². The first kappa shape index (κ1) is 17.2. The molecule has 6 heteroatoms. The summed E-state index contributed by atoms with van der Waals surface area (Å²) < 4.78 is 12.9. The van der Waals surface area contributed by atoms with Crippen LogP contribution in [0.1, 0.15) is 33.3 Å². The molecule has 4 nitrogen and oxygen atoms in total. The second-order valence-corrected chi connectivity index (χ2v) is 7.70. The fraction of sp³-hybridized carbons (Fsp3) is 0.333. The summed E-state index contributed by atoms with van der Waals surface area (Å²) in [6.45, 7) is 8.08. The number of pyridine rings is 1. The van der Waals surface area contributed by atoms with Crippen LogP contribution in [0.2, 0.25) is 0 Å². The van der Waals surface area contributed by atoms with Gasteiger partial charge in [-0.2, -0.15) is 5.26 Å². The Balaban J connectivity index is 1.96. The van der Waals surface area contributed by atoms with Gasteiger partial charge in [0.25, 0.3) is 0 Å². The van der Waals surface area contributed by atoms with E-state index in [1.165, 1.54) is 0 Å². The third-order valence-electron chi connectivity index (χ3n) is 4.69. The van der Waals surface area contributed by atoms with Crippen LogP contribution in [0.25, 0.3) is 11.3 Å². The summed E-state index contributed by atoms with van der Waals surface area (Å²) in [7, 11) is -0.459. The monoisotopic (exact) mass is 384 g/mol. The van der Waals surface area contributed by atoms with Crippen molar-refractivity contribution >= 4 is 28.5 Å². The number of aromatic nitrogens is 1. The van der Waals surface area contributed by atoms with E-state index in [2.05, 4.69) is 27.0 Å². The number of nitrogens with zero attached hydrogens (tertiary/aromatic N) is 2. The predicted octanol–water partition coefficient (Wildman–Crippen LogP) is 3.68. The lowest BCUT2D eigenvalue weighted by Crippen LogP contribution is -2.41. The van der Waals surface area contributed by atoms with E-state index in [0.717, 1.165) is 21.2 Å². The second-order valence-electron chi connectivity index (χ2n) is 6.84. The van der Waals surface area contributed by atoms with Gasteiger partial charge in [0.05, 0.1) is 28.5 Å². The van der Waals surface area contributed by atoms with E-state index in [1.54, 1.807) is 12.3 Å². The van der Waals surface area contributed by atoms with E-state index in [0.29, 0.717) is 5.56 Å². The summed E-state index contributed by atoms with van der Waals surface area (Å²) in [5.74, 6) is 0. The Bertz CT molecular complexity index is 814. The maximum absolute atomic E-state index is 9.28. The van der Waals surface area contributed by atoms with Crippen molar-refractivity contribution in [3.05, 3.63) is 46.6 Å². The third-order valence-corrected chi connectivity index (χ3v) is 5.29. The second kappa shape index (κ2) is 6.00. The minimum Gasteiger partial charge on any atom is -0.399 e. The number of rotatable bonds is 2. The van der Waals surface area contributed by atoms with E-state index < -0.39 is 18.3 Å². The Morgan fingerprint density at radius 3 is 2.33 bits per heavy atom. The zero-order valence-corrected chi connectivity index (χ0v) is 15.7. The largest absolute Gasteiger partial charge is 0.496 e. The van der Waals surface area contributed by atoms with Crippen LogP contribution in [0.15, 0.2) is 41.0 Å². The van der Waals surface area contributed by atoms with Crippen LogP contribution in [0.5, 0.6) is 0 Å². The molecule has 2 aromatic rings. The summed E-state index contributed by atoms with van der Waals surface area (Å²) in [6.07, 6.45) is 1.75. The van der Waals surface area contributed by atoms with E-state index in [-0.39, 0.29) is 0 Å². The van der Waals surface area contributed by atoms with Crippen molar-refractivity contribution in [2.75, 3.05) is 0 Å². The minimum atomic E-state index is -0.459.